The summed E-state index contributed by atoms with van der Waals surface area (Å²) in [4.78, 5) is 22.6. The van der Waals surface area contributed by atoms with Gasteiger partial charge in [-0.1, -0.05) is 64.9 Å². The van der Waals surface area contributed by atoms with Crippen LogP contribution in [0.15, 0.2) is 87.3 Å². The van der Waals surface area contributed by atoms with Gasteiger partial charge in [-0.2, -0.15) is 4.98 Å². The van der Waals surface area contributed by atoms with Crippen LogP contribution in [-0.2, 0) is 12.3 Å². The third kappa shape index (κ3) is 4.55. The molecule has 0 radical (unpaired) electrons. The van der Waals surface area contributed by atoms with Crippen molar-refractivity contribution in [1.82, 2.24) is 19.7 Å². The molecule has 5 rings (SSSR count). The third-order valence-electron chi connectivity index (χ3n) is 5.23. The van der Waals surface area contributed by atoms with E-state index < -0.39 is 0 Å². The number of hydrogen-bond donors (Lipinski definition) is 0. The summed E-state index contributed by atoms with van der Waals surface area (Å²) in [6, 6.07) is 22.2. The normalized spacial score (nSPS) is 11.1. The van der Waals surface area contributed by atoms with Crippen LogP contribution in [0.3, 0.4) is 0 Å². The van der Waals surface area contributed by atoms with Crippen molar-refractivity contribution in [1.29, 1.82) is 0 Å². The minimum absolute atomic E-state index is 0.103. The van der Waals surface area contributed by atoms with Gasteiger partial charge in [0.25, 0.3) is 11.4 Å². The Morgan fingerprint density at radius 2 is 1.76 bits per heavy atom. The molecule has 0 unspecified atom stereocenters. The second-order valence-corrected chi connectivity index (χ2v) is 8.78. The van der Waals surface area contributed by atoms with Gasteiger partial charge in [-0.25, -0.2) is 4.98 Å². The SMILES string of the molecule is COc1ccc(Cn2c(SCc3noc(-c4ccccc4Cl)n3)nc3ccccc3c2=O)cc1. The lowest BCUT2D eigenvalue weighted by Crippen LogP contribution is -2.24. The first kappa shape index (κ1) is 22.2. The molecule has 3 aromatic carbocycles. The summed E-state index contributed by atoms with van der Waals surface area (Å²) in [5.41, 5.74) is 2.18. The fraction of sp³-hybridized carbons (Fsp3) is 0.120. The van der Waals surface area contributed by atoms with Crippen LogP contribution in [-0.4, -0.2) is 26.8 Å². The highest BCUT2D eigenvalue weighted by atomic mass is 35.5. The molecule has 0 aliphatic rings. The molecule has 9 heteroatoms. The molecule has 0 spiro atoms. The first-order valence-electron chi connectivity index (χ1n) is 10.4. The monoisotopic (exact) mass is 490 g/mol. The van der Waals surface area contributed by atoms with Gasteiger partial charge in [-0.15, -0.1) is 0 Å². The van der Waals surface area contributed by atoms with E-state index in [1.54, 1.807) is 23.8 Å². The van der Waals surface area contributed by atoms with Crippen molar-refractivity contribution in [3.63, 3.8) is 0 Å². The van der Waals surface area contributed by atoms with Crippen LogP contribution in [0.25, 0.3) is 22.4 Å². The molecule has 0 N–H and O–H groups in total. The molecule has 170 valence electrons. The Kier molecular flexibility index (Phi) is 6.33. The number of rotatable bonds is 7. The number of aromatic nitrogens is 4. The smallest absolute Gasteiger partial charge is 0.262 e. The van der Waals surface area contributed by atoms with Gasteiger partial charge in [0.05, 0.1) is 40.9 Å². The van der Waals surface area contributed by atoms with Crippen molar-refractivity contribution in [3.05, 3.63) is 99.6 Å². The number of fused-ring (bicyclic) bond motifs is 1. The zero-order chi connectivity index (χ0) is 23.5. The lowest BCUT2D eigenvalue weighted by molar-refractivity contribution is 0.414. The maximum absolute atomic E-state index is 13.3. The number of nitrogens with zero attached hydrogens (tertiary/aromatic N) is 4. The molecule has 0 saturated heterocycles. The summed E-state index contributed by atoms with van der Waals surface area (Å²) in [5.74, 6) is 1.97. The van der Waals surface area contributed by atoms with Crippen LogP contribution >= 0.6 is 23.4 Å². The number of thioether (sulfide) groups is 1. The van der Waals surface area contributed by atoms with E-state index in [0.29, 0.717) is 50.7 Å². The highest BCUT2D eigenvalue weighted by Gasteiger charge is 2.16. The Morgan fingerprint density at radius 1 is 1.00 bits per heavy atom. The maximum Gasteiger partial charge on any atom is 0.262 e. The Bertz CT molecular complexity index is 1520. The van der Waals surface area contributed by atoms with Crippen LogP contribution in [0.5, 0.6) is 5.75 Å². The topological polar surface area (TPSA) is 83.0 Å². The minimum atomic E-state index is -0.103. The largest absolute Gasteiger partial charge is 0.497 e. The van der Waals surface area contributed by atoms with Crippen molar-refractivity contribution in [2.75, 3.05) is 7.11 Å². The zero-order valence-corrected chi connectivity index (χ0v) is 19.7. The highest BCUT2D eigenvalue weighted by molar-refractivity contribution is 7.98. The van der Waals surface area contributed by atoms with E-state index in [1.165, 1.54) is 11.8 Å². The van der Waals surface area contributed by atoms with Gasteiger partial charge < -0.3 is 9.26 Å². The van der Waals surface area contributed by atoms with Gasteiger partial charge in [0, 0.05) is 0 Å². The molecule has 0 atom stereocenters. The number of para-hydroxylation sites is 1. The fourth-order valence-electron chi connectivity index (χ4n) is 3.50. The number of benzene rings is 3. The minimum Gasteiger partial charge on any atom is -0.497 e. The van der Waals surface area contributed by atoms with Crippen LogP contribution in [0, 0.1) is 0 Å². The van der Waals surface area contributed by atoms with Crippen LogP contribution < -0.4 is 10.3 Å². The third-order valence-corrected chi connectivity index (χ3v) is 6.53. The first-order chi connectivity index (χ1) is 16.6. The molecule has 0 amide bonds. The number of methoxy groups -OCH3 is 1. The van der Waals surface area contributed by atoms with E-state index in [1.807, 2.05) is 60.7 Å². The second-order valence-electron chi connectivity index (χ2n) is 7.44. The van der Waals surface area contributed by atoms with E-state index in [9.17, 15) is 4.79 Å². The molecule has 0 saturated carbocycles. The molecule has 2 aromatic heterocycles. The van der Waals surface area contributed by atoms with Gasteiger partial charge in [0.2, 0.25) is 0 Å². The summed E-state index contributed by atoms with van der Waals surface area (Å²) in [5, 5.41) is 5.75. The molecule has 7 nitrogen and oxygen atoms in total. The summed E-state index contributed by atoms with van der Waals surface area (Å²) in [6.07, 6.45) is 0. The highest BCUT2D eigenvalue weighted by Crippen LogP contribution is 2.28. The predicted molar refractivity (Wildman–Crippen MR) is 132 cm³/mol. The Balaban J connectivity index is 1.46. The van der Waals surface area contributed by atoms with Crippen molar-refractivity contribution < 1.29 is 9.26 Å². The standard InChI is InChI=1S/C25H19ClN4O3S/c1-32-17-12-10-16(11-13-17)14-30-24(31)19-7-3-5-9-21(19)27-25(30)34-15-22-28-23(33-29-22)18-6-2-4-8-20(18)26/h2-13H,14-15H2,1H3. The van der Waals surface area contributed by atoms with Gasteiger partial charge in [0.1, 0.15) is 5.75 Å². The summed E-state index contributed by atoms with van der Waals surface area (Å²) in [7, 11) is 1.62. The Hall–Kier alpha value is -3.62. The van der Waals surface area contributed by atoms with Crippen molar-refractivity contribution in [3.8, 4) is 17.2 Å². The van der Waals surface area contributed by atoms with E-state index >= 15 is 0 Å². The van der Waals surface area contributed by atoms with Crippen LogP contribution in [0.4, 0.5) is 0 Å². The first-order valence-corrected chi connectivity index (χ1v) is 11.8. The molecular weight excluding hydrogens is 472 g/mol. The zero-order valence-electron chi connectivity index (χ0n) is 18.1. The van der Waals surface area contributed by atoms with Gasteiger partial charge >= 0.3 is 0 Å². The van der Waals surface area contributed by atoms with Gasteiger partial charge in [-0.3, -0.25) is 9.36 Å². The molecule has 0 fully saturated rings. The van der Waals surface area contributed by atoms with E-state index in [-0.39, 0.29) is 5.56 Å². The average molecular weight is 491 g/mol. The van der Waals surface area contributed by atoms with Crippen LogP contribution in [0.1, 0.15) is 11.4 Å². The number of ether oxygens (including phenoxy) is 1. The van der Waals surface area contributed by atoms with Gasteiger partial charge in [0.15, 0.2) is 11.0 Å². The molecule has 0 aliphatic carbocycles. The molecule has 0 aliphatic heterocycles. The molecule has 5 aromatic rings. The molecular formula is C25H19ClN4O3S. The van der Waals surface area contributed by atoms with Gasteiger partial charge in [-0.05, 0) is 42.0 Å². The lowest BCUT2D eigenvalue weighted by atomic mass is 10.2. The molecule has 34 heavy (non-hydrogen) atoms. The van der Waals surface area contributed by atoms with E-state index in [2.05, 4.69) is 10.1 Å². The summed E-state index contributed by atoms with van der Waals surface area (Å²) in [6.45, 7) is 0.375. The Morgan fingerprint density at radius 3 is 2.56 bits per heavy atom. The molecule has 2 heterocycles. The Labute approximate surface area is 204 Å². The van der Waals surface area contributed by atoms with Crippen molar-refractivity contribution in [2.24, 2.45) is 0 Å². The van der Waals surface area contributed by atoms with Crippen molar-refractivity contribution in [2.45, 2.75) is 17.5 Å². The average Bonchev–Trinajstić information content (AvgIpc) is 3.34. The quantitative estimate of drug-likeness (QED) is 0.221. The lowest BCUT2D eigenvalue weighted by Gasteiger charge is -2.13. The van der Waals surface area contributed by atoms with E-state index in [4.69, 9.17) is 25.8 Å². The number of halogens is 1. The second kappa shape index (κ2) is 9.70. The maximum atomic E-state index is 13.3. The fourth-order valence-corrected chi connectivity index (χ4v) is 4.55. The van der Waals surface area contributed by atoms with E-state index in [0.717, 1.165) is 11.3 Å². The number of hydrogen-bond acceptors (Lipinski definition) is 7. The van der Waals surface area contributed by atoms with Crippen molar-refractivity contribution >= 4 is 34.3 Å². The summed E-state index contributed by atoms with van der Waals surface area (Å²) >= 11 is 7.62. The molecule has 0 bridgehead atoms. The predicted octanol–water partition coefficient (Wildman–Crippen LogP) is 5.45. The summed E-state index contributed by atoms with van der Waals surface area (Å²) < 4.78 is 12.3. The van der Waals surface area contributed by atoms with Crippen LogP contribution in [0.2, 0.25) is 5.02 Å².